The third-order valence-corrected chi connectivity index (χ3v) is 7.56. The molecule has 0 radical (unpaired) electrons. The Morgan fingerprint density at radius 1 is 1.19 bits per heavy atom. The predicted molar refractivity (Wildman–Crippen MR) is 124 cm³/mol. The van der Waals surface area contributed by atoms with Crippen molar-refractivity contribution < 1.29 is 14.3 Å². The van der Waals surface area contributed by atoms with Crippen molar-refractivity contribution in [1.82, 2.24) is 20.0 Å². The lowest BCUT2D eigenvalue weighted by molar-refractivity contribution is 0.0919. The molecule has 0 aliphatic carbocycles. The molecule has 0 bridgehead atoms. The number of rotatable bonds is 7. The van der Waals surface area contributed by atoms with Crippen molar-refractivity contribution >= 4 is 17.7 Å². The van der Waals surface area contributed by atoms with E-state index in [1.54, 1.807) is 25.9 Å². The van der Waals surface area contributed by atoms with Crippen LogP contribution in [0.5, 0.6) is 11.5 Å². The second-order valence-corrected chi connectivity index (χ2v) is 9.46. The lowest BCUT2D eigenvalue weighted by Crippen LogP contribution is -2.43. The number of carbonyl (C=O) groups is 1. The topological polar surface area (TPSA) is 68.6 Å². The number of hydrogen-bond acceptors (Lipinski definition) is 6. The van der Waals surface area contributed by atoms with Gasteiger partial charge in [0.15, 0.2) is 0 Å². The van der Waals surface area contributed by atoms with Crippen LogP contribution >= 0.6 is 11.8 Å². The maximum atomic E-state index is 12.9. The quantitative estimate of drug-likeness (QED) is 0.708. The van der Waals surface area contributed by atoms with Crippen LogP contribution in [0.15, 0.2) is 24.3 Å². The molecule has 1 atom stereocenters. The highest BCUT2D eigenvalue weighted by Crippen LogP contribution is 2.33. The fourth-order valence-corrected chi connectivity index (χ4v) is 5.74. The molecule has 2 saturated heterocycles. The van der Waals surface area contributed by atoms with Gasteiger partial charge in [0.05, 0.1) is 19.9 Å². The number of aryl methyl sites for hydroxylation is 1. The molecule has 0 unspecified atom stereocenters. The summed E-state index contributed by atoms with van der Waals surface area (Å²) < 4.78 is 12.4. The molecule has 4 rings (SSSR count). The Labute approximate surface area is 188 Å². The van der Waals surface area contributed by atoms with Crippen molar-refractivity contribution in [3.8, 4) is 22.8 Å². The molecule has 2 aliphatic heterocycles. The molecule has 1 N–H and O–H groups in total. The number of benzene rings is 1. The number of carbonyl (C=O) groups excluding carboxylic acids is 1. The second-order valence-electron chi connectivity index (χ2n) is 8.31. The van der Waals surface area contributed by atoms with Crippen molar-refractivity contribution in [2.75, 3.05) is 45.4 Å². The Morgan fingerprint density at radius 2 is 2.00 bits per heavy atom. The highest BCUT2D eigenvalue weighted by atomic mass is 32.2. The Kier molecular flexibility index (Phi) is 7.07. The summed E-state index contributed by atoms with van der Waals surface area (Å²) >= 11 is 2.07. The molecule has 0 spiro atoms. The lowest BCUT2D eigenvalue weighted by Gasteiger charge is -2.35. The number of aromatic nitrogens is 2. The van der Waals surface area contributed by atoms with Crippen molar-refractivity contribution in [3.63, 3.8) is 0 Å². The van der Waals surface area contributed by atoms with E-state index >= 15 is 0 Å². The maximum absolute atomic E-state index is 12.9. The number of likely N-dealkylation sites (tertiary alicyclic amines) is 1. The zero-order chi connectivity index (χ0) is 21.8. The number of nitrogens with zero attached hydrogens (tertiary/aromatic N) is 3. The summed E-state index contributed by atoms with van der Waals surface area (Å²) in [5, 5.41) is 7.68. The molecular formula is C23H32N4O3S. The van der Waals surface area contributed by atoms with Gasteiger partial charge in [0.25, 0.3) is 5.91 Å². The molecule has 2 aliphatic rings. The normalized spacial score (nSPS) is 20.0. The summed E-state index contributed by atoms with van der Waals surface area (Å²) in [6, 6.07) is 8.14. The van der Waals surface area contributed by atoms with E-state index in [-0.39, 0.29) is 5.91 Å². The van der Waals surface area contributed by atoms with Gasteiger partial charge >= 0.3 is 0 Å². The smallest absolute Gasteiger partial charge is 0.269 e. The first-order chi connectivity index (χ1) is 15.1. The number of methoxy groups -OCH3 is 2. The van der Waals surface area contributed by atoms with Crippen LogP contribution in [0, 0.1) is 5.92 Å². The van der Waals surface area contributed by atoms with Crippen LogP contribution in [0.3, 0.4) is 0 Å². The molecule has 1 amide bonds. The maximum Gasteiger partial charge on any atom is 0.269 e. The number of hydrogen-bond donors (Lipinski definition) is 1. The van der Waals surface area contributed by atoms with Gasteiger partial charge in [0.1, 0.15) is 17.2 Å². The summed E-state index contributed by atoms with van der Waals surface area (Å²) in [6.45, 7) is 3.02. The first-order valence-electron chi connectivity index (χ1n) is 11.0. The van der Waals surface area contributed by atoms with Crippen LogP contribution < -0.4 is 14.8 Å². The second kappa shape index (κ2) is 9.96. The first kappa shape index (κ1) is 22.0. The van der Waals surface area contributed by atoms with E-state index in [1.165, 1.54) is 17.9 Å². The van der Waals surface area contributed by atoms with Crippen molar-refractivity contribution in [2.45, 2.75) is 25.3 Å². The third kappa shape index (κ3) is 5.01. The van der Waals surface area contributed by atoms with Crippen LogP contribution in [0.2, 0.25) is 0 Å². The fourth-order valence-electron chi connectivity index (χ4n) is 4.49. The molecule has 7 nitrogen and oxygen atoms in total. The van der Waals surface area contributed by atoms with Gasteiger partial charge in [0.2, 0.25) is 0 Å². The lowest BCUT2D eigenvalue weighted by atomic mass is 9.95. The van der Waals surface area contributed by atoms with Crippen molar-refractivity contribution in [1.29, 1.82) is 0 Å². The van der Waals surface area contributed by atoms with Gasteiger partial charge < -0.3 is 14.8 Å². The van der Waals surface area contributed by atoms with Gasteiger partial charge in [0, 0.05) is 31.0 Å². The van der Waals surface area contributed by atoms with E-state index in [2.05, 4.69) is 27.1 Å². The molecule has 8 heteroatoms. The Morgan fingerprint density at radius 3 is 2.68 bits per heavy atom. The molecule has 2 aromatic rings. The molecule has 31 heavy (non-hydrogen) atoms. The van der Waals surface area contributed by atoms with Gasteiger partial charge in [-0.3, -0.25) is 14.4 Å². The largest absolute Gasteiger partial charge is 0.497 e. The number of ether oxygens (including phenoxy) is 2. The van der Waals surface area contributed by atoms with Gasteiger partial charge in [-0.15, -0.1) is 0 Å². The van der Waals surface area contributed by atoms with Crippen molar-refractivity contribution in [3.05, 3.63) is 30.0 Å². The highest BCUT2D eigenvalue weighted by molar-refractivity contribution is 7.99. The van der Waals surface area contributed by atoms with E-state index in [4.69, 9.17) is 9.47 Å². The van der Waals surface area contributed by atoms with E-state index < -0.39 is 0 Å². The Hall–Kier alpha value is -2.19. The van der Waals surface area contributed by atoms with Crippen molar-refractivity contribution in [2.24, 2.45) is 13.0 Å². The molecule has 1 aromatic heterocycles. The van der Waals surface area contributed by atoms with Gasteiger partial charge in [-0.2, -0.15) is 16.9 Å². The summed E-state index contributed by atoms with van der Waals surface area (Å²) in [6.07, 6.45) is 3.63. The van der Waals surface area contributed by atoms with Gasteiger partial charge in [-0.05, 0) is 68.3 Å². The molecular weight excluding hydrogens is 412 g/mol. The summed E-state index contributed by atoms with van der Waals surface area (Å²) in [7, 11) is 5.04. The summed E-state index contributed by atoms with van der Waals surface area (Å²) in [5.74, 6) is 4.45. The van der Waals surface area contributed by atoms with E-state index in [9.17, 15) is 4.79 Å². The van der Waals surface area contributed by atoms with Crippen LogP contribution in [0.4, 0.5) is 0 Å². The monoisotopic (exact) mass is 444 g/mol. The Balaban J connectivity index is 1.36. The minimum absolute atomic E-state index is 0.0854. The van der Waals surface area contributed by atoms with Gasteiger partial charge in [-0.25, -0.2) is 0 Å². The fraction of sp³-hybridized carbons (Fsp3) is 0.565. The molecule has 0 saturated carbocycles. The van der Waals surface area contributed by atoms with E-state index in [0.717, 1.165) is 49.8 Å². The molecule has 2 fully saturated rings. The average Bonchev–Trinajstić information content (AvgIpc) is 3.47. The van der Waals surface area contributed by atoms with Crippen LogP contribution in [0.1, 0.15) is 29.8 Å². The number of thioether (sulfide) groups is 1. The first-order valence-corrected chi connectivity index (χ1v) is 12.1. The molecule has 1 aromatic carbocycles. The van der Waals surface area contributed by atoms with Crippen LogP contribution in [-0.2, 0) is 7.05 Å². The van der Waals surface area contributed by atoms with Crippen LogP contribution in [-0.4, -0.2) is 72.0 Å². The Bertz CT molecular complexity index is 902. The third-order valence-electron chi connectivity index (χ3n) is 6.42. The van der Waals surface area contributed by atoms with E-state index in [1.807, 2.05) is 24.3 Å². The molecule has 3 heterocycles. The minimum atomic E-state index is -0.0854. The highest BCUT2D eigenvalue weighted by Gasteiger charge is 2.27. The predicted octanol–water partition coefficient (Wildman–Crippen LogP) is 3.05. The standard InChI is InChI=1S/C23H32N4O3S/c1-26-21(13-20(25-26)19-12-18(29-2)4-5-22(19)30-3)23(28)24-14-16-6-9-27(10-7-16)17-8-11-31-15-17/h4-5,12-13,16-17H,6-11,14-15H2,1-3H3,(H,24,28)/t17-/m0/s1. The van der Waals surface area contributed by atoms with E-state index in [0.29, 0.717) is 23.1 Å². The number of piperidine rings is 1. The average molecular weight is 445 g/mol. The van der Waals surface area contributed by atoms with Crippen LogP contribution in [0.25, 0.3) is 11.3 Å². The zero-order valence-corrected chi connectivity index (χ0v) is 19.4. The molecule has 168 valence electrons. The SMILES string of the molecule is COc1ccc(OC)c(-c2cc(C(=O)NCC3CCN([C@H]4CCSC4)CC3)n(C)n2)c1. The van der Waals surface area contributed by atoms with Gasteiger partial charge in [-0.1, -0.05) is 0 Å². The number of nitrogens with one attached hydrogen (secondary N) is 1. The minimum Gasteiger partial charge on any atom is -0.497 e. The zero-order valence-electron chi connectivity index (χ0n) is 18.6. The summed E-state index contributed by atoms with van der Waals surface area (Å²) in [4.78, 5) is 15.5. The summed E-state index contributed by atoms with van der Waals surface area (Å²) in [5.41, 5.74) is 2.03. The number of amides is 1.